The number of hydrogen-bond donors (Lipinski definition) is 0. The molecule has 0 N–H and O–H groups in total. The molecule has 0 aliphatic rings. The number of hydrogen-bond acceptors (Lipinski definition) is 3. The van der Waals surface area contributed by atoms with Gasteiger partial charge >= 0.3 is 8.80 Å². The van der Waals surface area contributed by atoms with Crippen molar-refractivity contribution in [2.75, 3.05) is 19.8 Å². The maximum Gasteiger partial charge on any atom is 0.528 e. The summed E-state index contributed by atoms with van der Waals surface area (Å²) < 4.78 is 16.3. The van der Waals surface area contributed by atoms with Gasteiger partial charge in [-0.3, -0.25) is 0 Å². The largest absolute Gasteiger partial charge is 0.528 e. The van der Waals surface area contributed by atoms with E-state index in [-0.39, 0.29) is 1.43 Å². The minimum Gasteiger partial charge on any atom is -0.371 e. The van der Waals surface area contributed by atoms with Crippen LogP contribution in [0.1, 0.15) is 22.2 Å². The maximum atomic E-state index is 5.44. The van der Waals surface area contributed by atoms with Crippen LogP contribution in [0.15, 0.2) is 12.3 Å². The molecule has 3 nitrogen and oxygen atoms in total. The molecule has 0 atom stereocenters. The summed E-state index contributed by atoms with van der Waals surface area (Å²) in [4.78, 5) is 0. The van der Waals surface area contributed by atoms with Gasteiger partial charge in [0, 0.05) is 21.2 Å². The molecule has 0 saturated carbocycles. The van der Waals surface area contributed by atoms with Crippen molar-refractivity contribution in [3.63, 3.8) is 0 Å². The van der Waals surface area contributed by atoms with Gasteiger partial charge in [-0.15, -0.1) is 0 Å². The van der Waals surface area contributed by atoms with Gasteiger partial charge in [-0.1, -0.05) is 6.58 Å². The fraction of sp³-hybridized carbons (Fsp3) is 0.750. The Morgan fingerprint density at radius 1 is 1.08 bits per heavy atom. The highest BCUT2D eigenvalue weighted by molar-refractivity contribution is 6.66. The molecule has 0 heterocycles. The van der Waals surface area contributed by atoms with Crippen LogP contribution in [0.5, 0.6) is 0 Å². The van der Waals surface area contributed by atoms with E-state index in [0.717, 1.165) is 0 Å². The Kier molecular flexibility index (Phi) is 6.28. The summed E-state index contributed by atoms with van der Waals surface area (Å²) in [5.74, 6) is 0. The fourth-order valence-corrected chi connectivity index (χ4v) is 2.72. The van der Waals surface area contributed by atoms with E-state index < -0.39 is 8.80 Å². The smallest absolute Gasteiger partial charge is 0.371 e. The third-order valence-electron chi connectivity index (χ3n) is 1.29. The normalized spacial score (nSPS) is 11.6. The molecule has 0 unspecified atom stereocenters. The first-order valence-electron chi connectivity index (χ1n) is 4.30. The maximum absolute atomic E-state index is 5.44. The van der Waals surface area contributed by atoms with Crippen molar-refractivity contribution >= 4 is 8.80 Å². The van der Waals surface area contributed by atoms with E-state index in [9.17, 15) is 0 Å². The second-order valence-corrected chi connectivity index (χ2v) is 4.59. The van der Waals surface area contributed by atoms with Gasteiger partial charge in [0.15, 0.2) is 0 Å². The van der Waals surface area contributed by atoms with Gasteiger partial charge in [0.1, 0.15) is 0 Å². The molecule has 0 saturated heterocycles. The topological polar surface area (TPSA) is 27.7 Å². The fourth-order valence-electron chi connectivity index (χ4n) is 0.905. The zero-order valence-electron chi connectivity index (χ0n) is 8.13. The standard InChI is InChI=1S/C8H18O3Si.H2/c1-5-9-12(8-4,10-6-2)11-7-3;/h8H,4-7H2,1-3H3;1H. The lowest BCUT2D eigenvalue weighted by molar-refractivity contribution is 0.0844. The van der Waals surface area contributed by atoms with Gasteiger partial charge in [0.05, 0.1) is 0 Å². The number of rotatable bonds is 7. The summed E-state index contributed by atoms with van der Waals surface area (Å²) in [6.45, 7) is 11.2. The molecule has 12 heavy (non-hydrogen) atoms. The predicted octanol–water partition coefficient (Wildman–Crippen LogP) is 2.01. The molecule has 0 amide bonds. The van der Waals surface area contributed by atoms with Crippen LogP contribution in [0.3, 0.4) is 0 Å². The molecule has 0 aromatic heterocycles. The average molecular weight is 192 g/mol. The first-order valence-corrected chi connectivity index (χ1v) is 6.10. The highest BCUT2D eigenvalue weighted by Gasteiger charge is 2.36. The summed E-state index contributed by atoms with van der Waals surface area (Å²) in [7, 11) is -2.51. The van der Waals surface area contributed by atoms with Crippen molar-refractivity contribution in [1.82, 2.24) is 0 Å². The molecule has 0 aromatic rings. The van der Waals surface area contributed by atoms with Crippen LogP contribution in [0, 0.1) is 0 Å². The average Bonchev–Trinajstić information content (AvgIpc) is 2.06. The Bertz CT molecular complexity index is 116. The van der Waals surface area contributed by atoms with Crippen molar-refractivity contribution in [1.29, 1.82) is 0 Å². The summed E-state index contributed by atoms with van der Waals surface area (Å²) in [5, 5.41) is 0. The molecule has 0 spiro atoms. The van der Waals surface area contributed by atoms with Crippen LogP contribution < -0.4 is 0 Å². The van der Waals surface area contributed by atoms with Crippen molar-refractivity contribution in [2.45, 2.75) is 20.8 Å². The van der Waals surface area contributed by atoms with Gasteiger partial charge in [-0.2, -0.15) is 0 Å². The van der Waals surface area contributed by atoms with Gasteiger partial charge in [-0.05, 0) is 26.5 Å². The van der Waals surface area contributed by atoms with Crippen molar-refractivity contribution in [3.8, 4) is 0 Å². The van der Waals surface area contributed by atoms with E-state index in [1.165, 1.54) is 0 Å². The van der Waals surface area contributed by atoms with E-state index in [2.05, 4.69) is 6.58 Å². The van der Waals surface area contributed by atoms with Gasteiger partial charge in [0.2, 0.25) is 0 Å². The highest BCUT2D eigenvalue weighted by Crippen LogP contribution is 2.10. The van der Waals surface area contributed by atoms with Crippen LogP contribution in [0.4, 0.5) is 0 Å². The van der Waals surface area contributed by atoms with Crippen LogP contribution in [-0.2, 0) is 13.3 Å². The molecule has 0 bridgehead atoms. The van der Waals surface area contributed by atoms with E-state index in [4.69, 9.17) is 13.3 Å². The Labute approximate surface area is 77.2 Å². The summed E-state index contributed by atoms with van der Waals surface area (Å²) in [6, 6.07) is 0. The van der Waals surface area contributed by atoms with E-state index >= 15 is 0 Å². The van der Waals surface area contributed by atoms with Crippen LogP contribution >= 0.6 is 0 Å². The molecule has 0 radical (unpaired) electrons. The monoisotopic (exact) mass is 192 g/mol. The lowest BCUT2D eigenvalue weighted by Gasteiger charge is -2.24. The zero-order chi connectivity index (χ0) is 9.45. The molecule has 0 aliphatic carbocycles. The third kappa shape index (κ3) is 3.49. The highest BCUT2D eigenvalue weighted by atomic mass is 28.4. The van der Waals surface area contributed by atoms with Crippen LogP contribution in [-0.4, -0.2) is 28.6 Å². The second-order valence-electron chi connectivity index (χ2n) is 2.11. The minimum atomic E-state index is -2.51. The van der Waals surface area contributed by atoms with E-state index in [1.54, 1.807) is 5.70 Å². The quantitative estimate of drug-likeness (QED) is 0.577. The first-order chi connectivity index (χ1) is 5.74. The van der Waals surface area contributed by atoms with Crippen LogP contribution in [0.25, 0.3) is 0 Å². The van der Waals surface area contributed by atoms with E-state index in [1.807, 2.05) is 20.8 Å². The van der Waals surface area contributed by atoms with Gasteiger partial charge in [-0.25, -0.2) is 0 Å². The summed E-state index contributed by atoms with van der Waals surface area (Å²) in [6.07, 6.45) is 0. The molecule has 4 heteroatoms. The van der Waals surface area contributed by atoms with Gasteiger partial charge in [0.25, 0.3) is 0 Å². The van der Waals surface area contributed by atoms with Crippen molar-refractivity contribution in [2.24, 2.45) is 0 Å². The Morgan fingerprint density at radius 2 is 1.42 bits per heavy atom. The Hall–Kier alpha value is -0.163. The lowest BCUT2D eigenvalue weighted by atomic mass is 10.9. The SMILES string of the molecule is C=C[Si](OCC)(OCC)OCC.[HH]. The van der Waals surface area contributed by atoms with Crippen molar-refractivity contribution < 1.29 is 14.7 Å². The Balaban J connectivity index is 0. The molecule has 0 fully saturated rings. The first kappa shape index (κ1) is 11.8. The summed E-state index contributed by atoms with van der Waals surface area (Å²) in [5.41, 5.74) is 1.67. The predicted molar refractivity (Wildman–Crippen MR) is 52.9 cm³/mol. The molecule has 0 rings (SSSR count). The van der Waals surface area contributed by atoms with E-state index in [0.29, 0.717) is 19.8 Å². The summed E-state index contributed by atoms with van der Waals surface area (Å²) >= 11 is 0. The van der Waals surface area contributed by atoms with Crippen LogP contribution in [0.2, 0.25) is 0 Å². The second kappa shape index (κ2) is 6.36. The molecule has 74 valence electrons. The molecular formula is C8H20O3Si. The Morgan fingerprint density at radius 3 is 1.58 bits per heavy atom. The molecular weight excluding hydrogens is 172 g/mol. The van der Waals surface area contributed by atoms with Crippen molar-refractivity contribution in [3.05, 3.63) is 12.3 Å². The van der Waals surface area contributed by atoms with Gasteiger partial charge < -0.3 is 13.3 Å². The minimum absolute atomic E-state index is 0. The zero-order valence-corrected chi connectivity index (χ0v) is 9.13. The lowest BCUT2D eigenvalue weighted by Crippen LogP contribution is -2.44. The third-order valence-corrected chi connectivity index (χ3v) is 3.86. The molecule has 0 aromatic carbocycles. The molecule has 0 aliphatic heterocycles.